The highest BCUT2D eigenvalue weighted by atomic mass is 35.5. The first-order valence-electron chi connectivity index (χ1n) is 8.53. The summed E-state index contributed by atoms with van der Waals surface area (Å²) in [6.45, 7) is 1.86. The molecule has 1 aliphatic rings. The molecule has 1 fully saturated rings. The lowest BCUT2D eigenvalue weighted by atomic mass is 10.0. The van der Waals surface area contributed by atoms with E-state index in [-0.39, 0.29) is 15.8 Å². The minimum Gasteiger partial charge on any atom is -0.376 e. The van der Waals surface area contributed by atoms with Crippen molar-refractivity contribution in [3.63, 3.8) is 0 Å². The van der Waals surface area contributed by atoms with Crippen LogP contribution in [0.4, 0.5) is 4.39 Å². The number of nitrogens with zero attached hydrogens (tertiary/aromatic N) is 1. The van der Waals surface area contributed by atoms with E-state index in [9.17, 15) is 12.8 Å². The van der Waals surface area contributed by atoms with Crippen molar-refractivity contribution in [1.82, 2.24) is 4.31 Å². The maximum Gasteiger partial charge on any atom is 0.243 e. The van der Waals surface area contributed by atoms with Gasteiger partial charge in [-0.05, 0) is 42.5 Å². The number of sulfonamides is 1. The number of rotatable bonds is 6. The van der Waals surface area contributed by atoms with Gasteiger partial charge in [-0.3, -0.25) is 0 Å². The van der Waals surface area contributed by atoms with Gasteiger partial charge in [0, 0.05) is 13.1 Å². The third-order valence-corrected chi connectivity index (χ3v) is 6.63. The van der Waals surface area contributed by atoms with Crippen LogP contribution in [0, 0.1) is 11.7 Å². The normalized spacial score (nSPS) is 18.8. The molecule has 4 nitrogen and oxygen atoms in total. The van der Waals surface area contributed by atoms with Crippen molar-refractivity contribution in [3.05, 3.63) is 64.9 Å². The highest BCUT2D eigenvalue weighted by Crippen LogP contribution is 2.26. The van der Waals surface area contributed by atoms with Crippen molar-refractivity contribution < 1.29 is 17.5 Å². The van der Waals surface area contributed by atoms with Gasteiger partial charge in [0.25, 0.3) is 0 Å². The van der Waals surface area contributed by atoms with E-state index in [2.05, 4.69) is 0 Å². The van der Waals surface area contributed by atoms with E-state index in [1.807, 2.05) is 30.3 Å². The summed E-state index contributed by atoms with van der Waals surface area (Å²) < 4.78 is 46.1. The van der Waals surface area contributed by atoms with Gasteiger partial charge in [-0.1, -0.05) is 41.9 Å². The van der Waals surface area contributed by atoms with E-state index in [0.29, 0.717) is 26.3 Å². The lowest BCUT2D eigenvalue weighted by Crippen LogP contribution is -2.41. The standard InChI is InChI=1S/C19H21ClFNO3S/c20-18-11-17(8-9-19(18)21)26(23,24)22-10-4-7-16(12-22)14-25-13-15-5-2-1-3-6-15/h1-3,5-6,8-9,11,16H,4,7,10,12-14H2/t16-/m1/s1. The molecule has 2 aromatic carbocycles. The van der Waals surface area contributed by atoms with Crippen molar-refractivity contribution >= 4 is 21.6 Å². The van der Waals surface area contributed by atoms with E-state index < -0.39 is 15.8 Å². The Balaban J connectivity index is 1.61. The molecule has 1 aliphatic heterocycles. The predicted octanol–water partition coefficient (Wildman–Crippen LogP) is 4.10. The number of benzene rings is 2. The van der Waals surface area contributed by atoms with Crippen molar-refractivity contribution in [2.45, 2.75) is 24.3 Å². The summed E-state index contributed by atoms with van der Waals surface area (Å²) in [5.74, 6) is -0.491. The SMILES string of the molecule is O=S(=O)(c1ccc(F)c(Cl)c1)N1CCC[C@@H](COCc2ccccc2)C1. The number of ether oxygens (including phenoxy) is 1. The Morgan fingerprint density at radius 2 is 1.96 bits per heavy atom. The number of hydrogen-bond donors (Lipinski definition) is 0. The van der Waals surface area contributed by atoms with Crippen LogP contribution in [0.5, 0.6) is 0 Å². The van der Waals surface area contributed by atoms with E-state index in [1.54, 1.807) is 0 Å². The van der Waals surface area contributed by atoms with Crippen LogP contribution in [0.15, 0.2) is 53.4 Å². The van der Waals surface area contributed by atoms with Crippen molar-refractivity contribution in [2.75, 3.05) is 19.7 Å². The molecule has 0 aliphatic carbocycles. The Hall–Kier alpha value is -1.47. The summed E-state index contributed by atoms with van der Waals surface area (Å²) in [4.78, 5) is 0.0229. The van der Waals surface area contributed by atoms with E-state index in [0.717, 1.165) is 24.5 Å². The van der Waals surface area contributed by atoms with Crippen LogP contribution in [0.2, 0.25) is 5.02 Å². The van der Waals surface area contributed by atoms with E-state index in [1.165, 1.54) is 16.4 Å². The summed E-state index contributed by atoms with van der Waals surface area (Å²) in [5.41, 5.74) is 1.09. The second kappa shape index (κ2) is 8.48. The third kappa shape index (κ3) is 4.62. The quantitative estimate of drug-likeness (QED) is 0.737. The fraction of sp³-hybridized carbons (Fsp3) is 0.368. The Kier molecular flexibility index (Phi) is 6.29. The molecule has 3 rings (SSSR count). The number of halogens is 2. The highest BCUT2D eigenvalue weighted by Gasteiger charge is 2.30. The van der Waals surface area contributed by atoms with Gasteiger partial charge in [0.15, 0.2) is 0 Å². The molecule has 0 unspecified atom stereocenters. The van der Waals surface area contributed by atoms with Crippen molar-refractivity contribution in [3.8, 4) is 0 Å². The second-order valence-corrected chi connectivity index (χ2v) is 8.79. The Morgan fingerprint density at radius 3 is 2.69 bits per heavy atom. The smallest absolute Gasteiger partial charge is 0.243 e. The molecule has 1 heterocycles. The Labute approximate surface area is 158 Å². The van der Waals surface area contributed by atoms with Crippen LogP contribution < -0.4 is 0 Å². The monoisotopic (exact) mass is 397 g/mol. The minimum atomic E-state index is -3.68. The highest BCUT2D eigenvalue weighted by molar-refractivity contribution is 7.89. The minimum absolute atomic E-state index is 0.0229. The maximum absolute atomic E-state index is 13.3. The third-order valence-electron chi connectivity index (χ3n) is 4.48. The molecule has 0 spiro atoms. The van der Waals surface area contributed by atoms with Crippen LogP contribution in [0.25, 0.3) is 0 Å². The molecular weight excluding hydrogens is 377 g/mol. The molecule has 1 saturated heterocycles. The molecule has 1 atom stereocenters. The molecule has 0 aromatic heterocycles. The van der Waals surface area contributed by atoms with Gasteiger partial charge in [-0.15, -0.1) is 0 Å². The van der Waals surface area contributed by atoms with Gasteiger partial charge >= 0.3 is 0 Å². The molecule has 0 radical (unpaired) electrons. The molecular formula is C19H21ClFNO3S. The summed E-state index contributed by atoms with van der Waals surface area (Å²) in [6.07, 6.45) is 1.69. The fourth-order valence-corrected chi connectivity index (χ4v) is 4.91. The van der Waals surface area contributed by atoms with Gasteiger partial charge in [0.2, 0.25) is 10.0 Å². The van der Waals surface area contributed by atoms with Crippen LogP contribution >= 0.6 is 11.6 Å². The maximum atomic E-state index is 13.3. The van der Waals surface area contributed by atoms with Crippen LogP contribution in [0.3, 0.4) is 0 Å². The van der Waals surface area contributed by atoms with Gasteiger partial charge < -0.3 is 4.74 Å². The zero-order valence-corrected chi connectivity index (χ0v) is 15.8. The zero-order chi connectivity index (χ0) is 18.6. The topological polar surface area (TPSA) is 46.6 Å². The Bertz CT molecular complexity index is 845. The zero-order valence-electron chi connectivity index (χ0n) is 14.3. The van der Waals surface area contributed by atoms with Gasteiger partial charge in [-0.2, -0.15) is 4.31 Å². The first-order valence-corrected chi connectivity index (χ1v) is 10.4. The summed E-state index contributed by atoms with van der Waals surface area (Å²) in [6, 6.07) is 13.4. The lowest BCUT2D eigenvalue weighted by Gasteiger charge is -2.31. The summed E-state index contributed by atoms with van der Waals surface area (Å²) in [7, 11) is -3.68. The van der Waals surface area contributed by atoms with Crippen molar-refractivity contribution in [2.24, 2.45) is 5.92 Å². The summed E-state index contributed by atoms with van der Waals surface area (Å²) >= 11 is 5.74. The average Bonchev–Trinajstić information content (AvgIpc) is 2.65. The molecule has 7 heteroatoms. The molecule has 2 aromatic rings. The molecule has 0 saturated carbocycles. The number of hydrogen-bond acceptors (Lipinski definition) is 3. The lowest BCUT2D eigenvalue weighted by molar-refractivity contribution is 0.0672. The van der Waals surface area contributed by atoms with Gasteiger partial charge in [-0.25, -0.2) is 12.8 Å². The molecule has 0 amide bonds. The van der Waals surface area contributed by atoms with Gasteiger partial charge in [0.05, 0.1) is 23.1 Å². The molecule has 26 heavy (non-hydrogen) atoms. The van der Waals surface area contributed by atoms with Crippen LogP contribution in [-0.2, 0) is 21.4 Å². The molecule has 140 valence electrons. The van der Waals surface area contributed by atoms with E-state index >= 15 is 0 Å². The van der Waals surface area contributed by atoms with E-state index in [4.69, 9.17) is 16.3 Å². The van der Waals surface area contributed by atoms with Crippen molar-refractivity contribution in [1.29, 1.82) is 0 Å². The first kappa shape index (κ1) is 19.3. The Morgan fingerprint density at radius 1 is 1.19 bits per heavy atom. The number of piperidine rings is 1. The van der Waals surface area contributed by atoms with Gasteiger partial charge in [0.1, 0.15) is 5.82 Å². The van der Waals surface area contributed by atoms with Crippen LogP contribution in [-0.4, -0.2) is 32.4 Å². The second-order valence-electron chi connectivity index (χ2n) is 6.45. The largest absolute Gasteiger partial charge is 0.376 e. The fourth-order valence-electron chi connectivity index (χ4n) is 3.09. The average molecular weight is 398 g/mol. The molecule has 0 N–H and O–H groups in total. The van der Waals surface area contributed by atoms with Crippen LogP contribution in [0.1, 0.15) is 18.4 Å². The first-order chi connectivity index (χ1) is 12.5. The molecule has 0 bridgehead atoms. The summed E-state index contributed by atoms with van der Waals surface area (Å²) in [5, 5.41) is -0.189. The predicted molar refractivity (Wildman–Crippen MR) is 99.0 cm³/mol.